The van der Waals surface area contributed by atoms with E-state index < -0.39 is 131 Å². The number of halogens is 1. The van der Waals surface area contributed by atoms with Crippen LogP contribution in [0.1, 0.15) is 98.5 Å². The van der Waals surface area contributed by atoms with Crippen molar-refractivity contribution >= 4 is 53.1 Å². The van der Waals surface area contributed by atoms with Gasteiger partial charge in [-0.3, -0.25) is 28.9 Å². The average molecular weight is 1050 g/mol. The number of amides is 1. The van der Waals surface area contributed by atoms with Gasteiger partial charge in [0.25, 0.3) is 5.91 Å². The van der Waals surface area contributed by atoms with Gasteiger partial charge < -0.3 is 43.0 Å². The highest BCUT2D eigenvalue weighted by molar-refractivity contribution is 6.26. The summed E-state index contributed by atoms with van der Waals surface area (Å²) in [5, 5.41) is 14.2. The third-order valence-electron chi connectivity index (χ3n) is 15.9. The van der Waals surface area contributed by atoms with Crippen LogP contribution in [0, 0.1) is 16.7 Å². The van der Waals surface area contributed by atoms with Crippen LogP contribution in [0.25, 0.3) is 0 Å². The Morgan fingerprint density at radius 3 is 1.95 bits per heavy atom. The molecule has 9 rings (SSSR count). The number of fused-ring (bicyclic) bond motifs is 5. The number of carbonyl (C=O) groups is 7. The van der Waals surface area contributed by atoms with Crippen LogP contribution in [0.15, 0.2) is 126 Å². The molecule has 75 heavy (non-hydrogen) atoms. The van der Waals surface area contributed by atoms with Gasteiger partial charge in [0.05, 0.1) is 36.7 Å². The Hall–Kier alpha value is -6.92. The normalized spacial score (nSPS) is 31.5. The lowest BCUT2D eigenvalue weighted by molar-refractivity contribution is -0.346. The van der Waals surface area contributed by atoms with Gasteiger partial charge in [-0.05, 0) is 67.0 Å². The maximum atomic E-state index is 16.2. The third-order valence-corrected chi connectivity index (χ3v) is 16.2. The number of hydrogen-bond acceptors (Lipinski definition) is 16. The summed E-state index contributed by atoms with van der Waals surface area (Å²) in [5.41, 5.74) is -6.59. The van der Waals surface area contributed by atoms with Gasteiger partial charge in [-0.15, -0.1) is 11.6 Å². The lowest BCUT2D eigenvalue weighted by atomic mass is 9.44. The highest BCUT2D eigenvalue weighted by Crippen LogP contribution is 2.65. The number of carbonyl (C=O) groups excluding carboxylic acids is 7. The first kappa shape index (κ1) is 52.9. The van der Waals surface area contributed by atoms with Gasteiger partial charge in [0.15, 0.2) is 29.8 Å². The summed E-state index contributed by atoms with van der Waals surface area (Å²) in [7, 11) is 1.52. The second-order valence-electron chi connectivity index (χ2n) is 20.4. The van der Waals surface area contributed by atoms with Crippen molar-refractivity contribution in [3.8, 4) is 5.75 Å². The van der Waals surface area contributed by atoms with Crippen molar-refractivity contribution in [3.05, 3.63) is 149 Å². The van der Waals surface area contributed by atoms with E-state index in [4.69, 9.17) is 49.5 Å². The molecule has 5 aliphatic rings. The fourth-order valence-electron chi connectivity index (χ4n) is 12.3. The van der Waals surface area contributed by atoms with Gasteiger partial charge in [-0.25, -0.2) is 9.59 Å². The van der Waals surface area contributed by atoms with Gasteiger partial charge in [0, 0.05) is 43.2 Å². The molecular weight excluding hydrogens is 990 g/mol. The molecule has 17 nitrogen and oxygen atoms in total. The van der Waals surface area contributed by atoms with E-state index in [0.29, 0.717) is 22.4 Å². The first-order chi connectivity index (χ1) is 35.7. The Morgan fingerprint density at radius 2 is 1.39 bits per heavy atom. The molecule has 1 N–H and O–H groups in total. The molecule has 1 unspecified atom stereocenters. The van der Waals surface area contributed by atoms with Gasteiger partial charge >= 0.3 is 29.8 Å². The molecule has 18 heteroatoms. The maximum absolute atomic E-state index is 16.2. The summed E-state index contributed by atoms with van der Waals surface area (Å²) in [6.07, 6.45) is -11.3. The molecule has 2 aliphatic heterocycles. The lowest BCUT2D eigenvalue weighted by Crippen LogP contribution is -2.82. The minimum Gasteiger partial charge on any atom is -0.497 e. The molecule has 12 atom stereocenters. The van der Waals surface area contributed by atoms with Gasteiger partial charge in [-0.1, -0.05) is 92.7 Å². The number of nitrogens with zero attached hydrogens (tertiary/aromatic N) is 1. The van der Waals surface area contributed by atoms with Crippen LogP contribution in [0.3, 0.4) is 0 Å². The Morgan fingerprint density at radius 1 is 0.773 bits per heavy atom. The Bertz CT molecular complexity index is 2910. The van der Waals surface area contributed by atoms with Crippen LogP contribution in [0.2, 0.25) is 0 Å². The number of ether oxygens (including phenoxy) is 8. The molecule has 0 radical (unpaired) electrons. The van der Waals surface area contributed by atoms with E-state index in [2.05, 4.69) is 0 Å². The molecular formula is C57H58ClNO16. The largest absolute Gasteiger partial charge is 0.497 e. The number of aliphatic hydroxyl groups is 1. The maximum Gasteiger partial charge on any atom is 0.338 e. The molecule has 4 aromatic rings. The topological polar surface area (TPSA) is 217 Å². The van der Waals surface area contributed by atoms with Crippen molar-refractivity contribution < 1.29 is 76.6 Å². The van der Waals surface area contributed by atoms with E-state index in [1.165, 1.54) is 31.1 Å². The zero-order valence-corrected chi connectivity index (χ0v) is 43.1. The quantitative estimate of drug-likeness (QED) is 0.0655. The van der Waals surface area contributed by atoms with Gasteiger partial charge in [-0.2, -0.15) is 0 Å². The predicted molar refractivity (Wildman–Crippen MR) is 266 cm³/mol. The minimum absolute atomic E-state index is 0.00503. The van der Waals surface area contributed by atoms with Crippen LogP contribution in [0.4, 0.5) is 0 Å². The number of benzene rings is 4. The second-order valence-corrected chi connectivity index (χ2v) is 20.7. The van der Waals surface area contributed by atoms with Crippen molar-refractivity contribution in [3.63, 3.8) is 0 Å². The Labute approximate surface area is 438 Å². The van der Waals surface area contributed by atoms with Crippen LogP contribution >= 0.6 is 11.6 Å². The molecule has 1 amide bonds. The number of rotatable bonds is 12. The van der Waals surface area contributed by atoms with E-state index >= 15 is 9.59 Å². The second kappa shape index (κ2) is 20.3. The predicted octanol–water partition coefficient (Wildman–Crippen LogP) is 6.98. The summed E-state index contributed by atoms with van der Waals surface area (Å²) in [4.78, 5) is 103. The van der Waals surface area contributed by atoms with Crippen LogP contribution < -0.4 is 4.74 Å². The summed E-state index contributed by atoms with van der Waals surface area (Å²) in [6, 6.07) is 30.9. The Balaban J connectivity index is 1.23. The van der Waals surface area contributed by atoms with E-state index in [-0.39, 0.29) is 29.7 Å². The molecule has 2 saturated heterocycles. The van der Waals surface area contributed by atoms with Gasteiger partial charge in [0.2, 0.25) is 0 Å². The molecule has 3 aliphatic carbocycles. The first-order valence-corrected chi connectivity index (χ1v) is 25.2. The summed E-state index contributed by atoms with van der Waals surface area (Å²) < 4.78 is 49.7. The fraction of sp³-hybridized carbons (Fsp3) is 0.421. The highest BCUT2D eigenvalue weighted by Gasteiger charge is 2.79. The molecule has 2 bridgehead atoms. The Kier molecular flexibility index (Phi) is 14.3. The fourth-order valence-corrected chi connectivity index (χ4v) is 12.3. The SMILES string of the molecule is COc1ccc([C@H]2O[C@H](C(=O)O[C@H]3C[C@@]4(O)[C@@H](OC(=O)c5ccccc5)C5[C@](C)(C(=O)[C@H](OC(C)=O)C(=C3C)C4(C)C)[C@@H](OC(=O)CCl)C[C@H]3OC[C@@]53OC(C)=O)[C@@H](c3ccccc3)N2C(=O)c2ccccc2)cc1. The molecule has 0 aromatic heterocycles. The zero-order chi connectivity index (χ0) is 53.8. The van der Waals surface area contributed by atoms with Crippen LogP contribution in [-0.2, 0) is 57.1 Å². The number of ketones is 1. The molecule has 394 valence electrons. The van der Waals surface area contributed by atoms with Crippen LogP contribution in [0.5, 0.6) is 5.75 Å². The zero-order valence-electron chi connectivity index (χ0n) is 42.4. The van der Waals surface area contributed by atoms with Crippen LogP contribution in [-0.4, -0.2) is 119 Å². The van der Waals surface area contributed by atoms with E-state index in [1.54, 1.807) is 124 Å². The third kappa shape index (κ3) is 8.96. The minimum atomic E-state index is -2.45. The van der Waals surface area contributed by atoms with Crippen molar-refractivity contribution in [2.45, 2.75) is 114 Å². The summed E-state index contributed by atoms with van der Waals surface area (Å²) in [5.74, 6) is -7.65. The van der Waals surface area contributed by atoms with E-state index in [0.717, 1.165) is 13.8 Å². The monoisotopic (exact) mass is 1050 g/mol. The standard InChI is InChI=1S/C57H58ClNO16/c1-31-39(71-53(66)46-44(34-17-11-8-12-18-34)59(50(64)35-19-13-9-14-20-35)51(73-46)36-23-25-38(68-7)26-24-36)28-57(67)49(74-52(65)37-21-15-10-16-22-37)47-55(6,48(63)45(70-32(2)60)43(31)54(57,4)5)40(72-42(62)29-58)27-41-56(47,30-69-41)75-33(3)61/h8-26,39-41,44-47,49,51,67H,27-30H2,1-7H3/t39-,40-,41+,44+,45+,46-,47?,49-,51+,55+,56-,57+/m0/s1. The lowest BCUT2D eigenvalue weighted by Gasteiger charge is -2.67. The van der Waals surface area contributed by atoms with Crippen molar-refractivity contribution in [1.29, 1.82) is 0 Å². The number of alkyl halides is 1. The van der Waals surface area contributed by atoms with Crippen molar-refractivity contribution in [1.82, 2.24) is 4.90 Å². The molecule has 4 aromatic carbocycles. The van der Waals surface area contributed by atoms with Crippen molar-refractivity contribution in [2.75, 3.05) is 19.6 Å². The summed E-state index contributed by atoms with van der Waals surface area (Å²) in [6.45, 7) is 8.05. The van der Waals surface area contributed by atoms with Crippen molar-refractivity contribution in [2.24, 2.45) is 16.7 Å². The van der Waals surface area contributed by atoms with E-state index in [1.807, 2.05) is 0 Å². The van der Waals surface area contributed by atoms with E-state index in [9.17, 15) is 29.1 Å². The number of esters is 5. The first-order valence-electron chi connectivity index (χ1n) is 24.6. The molecule has 2 saturated carbocycles. The molecule has 2 heterocycles. The smallest absolute Gasteiger partial charge is 0.338 e. The summed E-state index contributed by atoms with van der Waals surface area (Å²) >= 11 is 6.01. The number of Topliss-reactive ketones (excluding diaryl/α,β-unsaturated/α-hetero) is 1. The molecule has 0 spiro atoms. The number of methoxy groups -OCH3 is 1. The number of hydrogen-bond donors (Lipinski definition) is 1. The molecule has 4 fully saturated rings. The highest BCUT2D eigenvalue weighted by atomic mass is 35.5. The van der Waals surface area contributed by atoms with Gasteiger partial charge in [0.1, 0.15) is 41.6 Å². The average Bonchev–Trinajstić information content (AvgIpc) is 3.82.